The molecule has 0 bridgehead atoms. The summed E-state index contributed by atoms with van der Waals surface area (Å²) in [7, 11) is 1.38. The smallest absolute Gasteiger partial charge is 0.410 e. The number of hydrogen-bond acceptors (Lipinski definition) is 3. The lowest BCUT2D eigenvalue weighted by Gasteiger charge is -2.43. The fraction of sp³-hybridized carbons (Fsp3) is 0.769. The largest absolute Gasteiger partial charge is 0.453 e. The second kappa shape index (κ2) is 4.02. The molecule has 0 aromatic rings. The number of hydrogen-bond donors (Lipinski definition) is 1. The van der Waals surface area contributed by atoms with Crippen LogP contribution in [0.3, 0.4) is 0 Å². The maximum Gasteiger partial charge on any atom is 0.410 e. The summed E-state index contributed by atoms with van der Waals surface area (Å²) in [5.74, 6) is 0. The van der Waals surface area contributed by atoms with Crippen LogP contribution in [0.5, 0.6) is 0 Å². The summed E-state index contributed by atoms with van der Waals surface area (Å²) >= 11 is 0. The van der Waals surface area contributed by atoms with Crippen LogP contribution in [0.25, 0.3) is 0 Å². The molecule has 0 spiro atoms. The molecule has 1 rings (SSSR count). The van der Waals surface area contributed by atoms with Crippen molar-refractivity contribution in [3.8, 4) is 0 Å². The molecule has 0 radical (unpaired) electrons. The number of aliphatic hydroxyl groups is 1. The van der Waals surface area contributed by atoms with Crippen LogP contribution in [0.15, 0.2) is 12.2 Å². The van der Waals surface area contributed by atoms with Gasteiger partial charge < -0.3 is 9.84 Å². The van der Waals surface area contributed by atoms with Gasteiger partial charge in [-0.25, -0.2) is 4.79 Å². The molecule has 1 heterocycles. The van der Waals surface area contributed by atoms with Gasteiger partial charge in [-0.3, -0.25) is 4.90 Å². The van der Waals surface area contributed by atoms with Crippen LogP contribution >= 0.6 is 0 Å². The van der Waals surface area contributed by atoms with Gasteiger partial charge in [0.15, 0.2) is 0 Å². The van der Waals surface area contributed by atoms with Crippen molar-refractivity contribution in [3.63, 3.8) is 0 Å². The van der Waals surface area contributed by atoms with Crippen LogP contribution in [0.4, 0.5) is 4.79 Å². The summed E-state index contributed by atoms with van der Waals surface area (Å²) in [6, 6.07) is 0. The van der Waals surface area contributed by atoms with Crippen molar-refractivity contribution in [1.29, 1.82) is 0 Å². The van der Waals surface area contributed by atoms with E-state index >= 15 is 0 Å². The molecule has 1 aliphatic heterocycles. The zero-order chi connectivity index (χ0) is 13.5. The third-order valence-corrected chi connectivity index (χ3v) is 3.09. The summed E-state index contributed by atoms with van der Waals surface area (Å²) in [6.45, 7) is 9.33. The Morgan fingerprint density at radius 2 is 1.88 bits per heavy atom. The molecule has 1 amide bonds. The van der Waals surface area contributed by atoms with E-state index in [4.69, 9.17) is 4.74 Å². The molecule has 98 valence electrons. The third-order valence-electron chi connectivity index (χ3n) is 3.09. The van der Waals surface area contributed by atoms with E-state index in [1.54, 1.807) is 18.7 Å². The zero-order valence-corrected chi connectivity index (χ0v) is 11.6. The van der Waals surface area contributed by atoms with Crippen LogP contribution in [0, 0.1) is 0 Å². The van der Waals surface area contributed by atoms with E-state index in [1.807, 2.05) is 32.9 Å². The quantitative estimate of drug-likeness (QED) is 0.755. The van der Waals surface area contributed by atoms with Crippen molar-refractivity contribution >= 4 is 6.09 Å². The molecule has 1 aliphatic rings. The van der Waals surface area contributed by atoms with Crippen LogP contribution in [0.1, 0.15) is 41.0 Å². The van der Waals surface area contributed by atoms with Crippen molar-refractivity contribution in [3.05, 3.63) is 12.2 Å². The van der Waals surface area contributed by atoms with E-state index in [0.717, 1.165) is 0 Å². The van der Waals surface area contributed by atoms with Crippen molar-refractivity contribution in [2.45, 2.75) is 57.7 Å². The van der Waals surface area contributed by atoms with Crippen molar-refractivity contribution in [1.82, 2.24) is 4.90 Å². The van der Waals surface area contributed by atoms with Gasteiger partial charge >= 0.3 is 6.09 Å². The van der Waals surface area contributed by atoms with Gasteiger partial charge in [0.1, 0.15) is 0 Å². The Morgan fingerprint density at radius 1 is 1.35 bits per heavy atom. The number of methoxy groups -OCH3 is 1. The first-order chi connectivity index (χ1) is 7.52. The molecule has 0 aromatic heterocycles. The zero-order valence-electron chi connectivity index (χ0n) is 11.6. The van der Waals surface area contributed by atoms with Gasteiger partial charge in [-0.15, -0.1) is 0 Å². The summed E-state index contributed by atoms with van der Waals surface area (Å²) in [5, 5.41) is 9.97. The Labute approximate surface area is 103 Å². The van der Waals surface area contributed by atoms with Crippen LogP contribution in [0.2, 0.25) is 0 Å². The van der Waals surface area contributed by atoms with Crippen molar-refractivity contribution < 1.29 is 14.6 Å². The molecule has 17 heavy (non-hydrogen) atoms. The van der Waals surface area contributed by atoms with Crippen molar-refractivity contribution in [2.24, 2.45) is 0 Å². The monoisotopic (exact) mass is 241 g/mol. The Balaban J connectivity index is 3.07. The number of carbonyl (C=O) groups is 1. The minimum absolute atomic E-state index is 0.369. The van der Waals surface area contributed by atoms with Gasteiger partial charge in [0.25, 0.3) is 0 Å². The van der Waals surface area contributed by atoms with Gasteiger partial charge in [-0.2, -0.15) is 0 Å². The van der Waals surface area contributed by atoms with E-state index < -0.39 is 16.7 Å². The highest BCUT2D eigenvalue weighted by molar-refractivity contribution is 5.71. The van der Waals surface area contributed by atoms with Gasteiger partial charge in [0, 0.05) is 6.42 Å². The molecule has 0 aromatic carbocycles. The minimum Gasteiger partial charge on any atom is -0.453 e. The SMILES string of the molecule is COC(=O)N1C(C)(C)C=C[C@@]1(C)CC(C)(C)O. The first-order valence-electron chi connectivity index (χ1n) is 5.83. The average Bonchev–Trinajstić information content (AvgIpc) is 2.33. The number of ether oxygens (including phenoxy) is 1. The van der Waals surface area contributed by atoms with E-state index in [-0.39, 0.29) is 6.09 Å². The molecule has 0 saturated carbocycles. The Bertz CT molecular complexity index is 341. The summed E-state index contributed by atoms with van der Waals surface area (Å²) in [5.41, 5.74) is -1.76. The maximum atomic E-state index is 11.9. The van der Waals surface area contributed by atoms with Crippen molar-refractivity contribution in [2.75, 3.05) is 7.11 Å². The first kappa shape index (κ1) is 14.0. The second-order valence-corrected chi connectivity index (χ2v) is 6.14. The highest BCUT2D eigenvalue weighted by Crippen LogP contribution is 2.39. The van der Waals surface area contributed by atoms with Gasteiger partial charge in [0.05, 0.1) is 23.8 Å². The Kier molecular flexibility index (Phi) is 3.32. The Morgan fingerprint density at radius 3 is 2.29 bits per heavy atom. The standard InChI is InChI=1S/C13H23NO3/c1-11(2)7-8-13(5,9-12(3,4)16)14(11)10(15)17-6/h7-8,16H,9H2,1-6H3/t13-/m0/s1. The molecule has 4 nitrogen and oxygen atoms in total. The number of amides is 1. The predicted octanol–water partition coefficient (Wildman–Crippen LogP) is 2.32. The topological polar surface area (TPSA) is 49.8 Å². The maximum absolute atomic E-state index is 11.9. The van der Waals surface area contributed by atoms with E-state index in [0.29, 0.717) is 6.42 Å². The molecule has 4 heteroatoms. The number of nitrogens with zero attached hydrogens (tertiary/aromatic N) is 1. The highest BCUT2D eigenvalue weighted by Gasteiger charge is 2.48. The van der Waals surface area contributed by atoms with Crippen LogP contribution < -0.4 is 0 Å². The van der Waals surface area contributed by atoms with Gasteiger partial charge in [-0.05, 0) is 34.6 Å². The lowest BCUT2D eigenvalue weighted by Crippen LogP contribution is -2.56. The second-order valence-electron chi connectivity index (χ2n) is 6.14. The molecule has 0 saturated heterocycles. The summed E-state index contributed by atoms with van der Waals surface area (Å²) in [4.78, 5) is 13.6. The molecule has 0 aliphatic carbocycles. The third kappa shape index (κ3) is 2.80. The van der Waals surface area contributed by atoms with Gasteiger partial charge in [-0.1, -0.05) is 12.2 Å². The predicted molar refractivity (Wildman–Crippen MR) is 66.8 cm³/mol. The van der Waals surface area contributed by atoms with E-state index in [9.17, 15) is 9.90 Å². The highest BCUT2D eigenvalue weighted by atomic mass is 16.5. The molecular formula is C13H23NO3. The molecule has 1 atom stereocenters. The van der Waals surface area contributed by atoms with E-state index in [1.165, 1.54) is 7.11 Å². The lowest BCUT2D eigenvalue weighted by atomic mass is 9.87. The normalized spacial score (nSPS) is 27.4. The molecular weight excluding hydrogens is 218 g/mol. The summed E-state index contributed by atoms with van der Waals surface area (Å²) in [6.07, 6.45) is 4.05. The van der Waals surface area contributed by atoms with Crippen LogP contribution in [-0.4, -0.2) is 39.9 Å². The Hall–Kier alpha value is -1.03. The molecule has 1 N–H and O–H groups in total. The van der Waals surface area contributed by atoms with Gasteiger partial charge in [0.2, 0.25) is 0 Å². The average molecular weight is 241 g/mol. The minimum atomic E-state index is -0.841. The fourth-order valence-corrected chi connectivity index (χ4v) is 2.74. The fourth-order valence-electron chi connectivity index (χ4n) is 2.74. The lowest BCUT2D eigenvalue weighted by molar-refractivity contribution is -0.000462. The first-order valence-corrected chi connectivity index (χ1v) is 5.83. The van der Waals surface area contributed by atoms with Crippen LogP contribution in [-0.2, 0) is 4.74 Å². The number of carbonyl (C=O) groups excluding carboxylic acids is 1. The summed E-state index contributed by atoms with van der Waals surface area (Å²) < 4.78 is 4.85. The molecule has 0 fully saturated rings. The molecule has 0 unspecified atom stereocenters. The number of rotatable bonds is 2. The van der Waals surface area contributed by atoms with E-state index in [2.05, 4.69) is 0 Å².